The van der Waals surface area contributed by atoms with Gasteiger partial charge in [0, 0.05) is 0 Å². The Kier molecular flexibility index (Phi) is 2.75. The van der Waals surface area contributed by atoms with Crippen LogP contribution in [0.3, 0.4) is 0 Å². The molecule has 0 aromatic heterocycles. The summed E-state index contributed by atoms with van der Waals surface area (Å²) in [5.41, 5.74) is 0. The molecule has 1 atom stereocenters. The SMILES string of the molecule is C=P[P+](=C)C. The molecule has 0 radical (unpaired) electrons. The van der Waals surface area contributed by atoms with E-state index in [0.29, 0.717) is 0 Å². The molecule has 2 heteroatoms. The summed E-state index contributed by atoms with van der Waals surface area (Å²) in [4.78, 5) is 0. The smallest absolute Gasteiger partial charge is 0.0274 e. The fourth-order valence-electron chi connectivity index (χ4n) is 0. The van der Waals surface area contributed by atoms with Gasteiger partial charge in [0.15, 0.2) is 0 Å². The minimum absolute atomic E-state index is 0.0129. The maximum atomic E-state index is 3.75. The van der Waals surface area contributed by atoms with Crippen LogP contribution in [0.15, 0.2) is 0 Å². The predicted molar refractivity (Wildman–Crippen MR) is 34.0 cm³/mol. The Bertz CT molecular complexity index is 55.9. The van der Waals surface area contributed by atoms with Crippen molar-refractivity contribution < 1.29 is 0 Å². The summed E-state index contributed by atoms with van der Waals surface area (Å²) in [7, 11) is 1.21. The third-order valence-electron chi connectivity index (χ3n) is 0.241. The van der Waals surface area contributed by atoms with E-state index in [1.54, 1.807) is 0 Å². The molecule has 0 N–H and O–H groups in total. The molecule has 5 heavy (non-hydrogen) atoms. The molecule has 0 spiro atoms. The van der Waals surface area contributed by atoms with Crippen LogP contribution in [-0.2, 0) is 0 Å². The Morgan fingerprint density at radius 3 is 2.00 bits per heavy atom. The molecule has 0 saturated carbocycles. The molecule has 0 heterocycles. The molecule has 1 unspecified atom stereocenters. The van der Waals surface area contributed by atoms with Crippen molar-refractivity contribution in [1.82, 2.24) is 0 Å². The zero-order valence-corrected chi connectivity index (χ0v) is 5.10. The average molecular weight is 105 g/mol. The summed E-state index contributed by atoms with van der Waals surface area (Å²) in [6.45, 7) is 2.10. The second-order valence-corrected chi connectivity index (χ2v) is 5.29. The highest BCUT2D eigenvalue weighted by Crippen LogP contribution is 2.28. The van der Waals surface area contributed by atoms with Crippen LogP contribution in [-0.4, -0.2) is 19.3 Å². The minimum atomic E-state index is 0.0129. The highest BCUT2D eigenvalue weighted by atomic mass is 32.0. The summed E-state index contributed by atoms with van der Waals surface area (Å²) in [5, 5.41) is 0. The van der Waals surface area contributed by atoms with Crippen molar-refractivity contribution in [2.24, 2.45) is 0 Å². The van der Waals surface area contributed by atoms with Gasteiger partial charge in [0.2, 0.25) is 0 Å². The van der Waals surface area contributed by atoms with Crippen molar-refractivity contribution in [3.8, 4) is 0 Å². The molecule has 0 saturated heterocycles. The van der Waals surface area contributed by atoms with E-state index in [0.717, 1.165) is 0 Å². The molecule has 0 nitrogen and oxygen atoms in total. The molecule has 0 amide bonds. The molecule has 0 aliphatic rings. The van der Waals surface area contributed by atoms with E-state index in [1.807, 2.05) is 0 Å². The van der Waals surface area contributed by atoms with Crippen LogP contribution in [0.5, 0.6) is 0 Å². The van der Waals surface area contributed by atoms with E-state index in [2.05, 4.69) is 19.3 Å². The number of hydrogen-bond acceptors (Lipinski definition) is 0. The van der Waals surface area contributed by atoms with Crippen LogP contribution in [0.2, 0.25) is 0 Å². The maximum absolute atomic E-state index is 3.75. The summed E-state index contributed by atoms with van der Waals surface area (Å²) < 4.78 is 0. The van der Waals surface area contributed by atoms with Gasteiger partial charge in [0.25, 0.3) is 0 Å². The monoisotopic (exact) mass is 105 g/mol. The number of rotatable bonds is 1. The van der Waals surface area contributed by atoms with Gasteiger partial charge in [-0.2, -0.15) is 0 Å². The van der Waals surface area contributed by atoms with Crippen molar-refractivity contribution in [2.75, 3.05) is 6.66 Å². The van der Waals surface area contributed by atoms with E-state index < -0.39 is 0 Å². The quantitative estimate of drug-likeness (QED) is 0.446. The first-order chi connectivity index (χ1) is 2.27. The zero-order valence-electron chi connectivity index (χ0n) is 3.31. The number of hydrogen-bond donors (Lipinski definition) is 0. The lowest BCUT2D eigenvalue weighted by molar-refractivity contribution is 2.50. The fraction of sp³-hybridized carbons (Fsp3) is 0.333. The van der Waals surface area contributed by atoms with Gasteiger partial charge < -0.3 is 0 Å². The van der Waals surface area contributed by atoms with E-state index in [1.165, 1.54) is 7.89 Å². The van der Waals surface area contributed by atoms with E-state index in [4.69, 9.17) is 0 Å². The van der Waals surface area contributed by atoms with Gasteiger partial charge in [0.05, 0.1) is 6.30 Å². The van der Waals surface area contributed by atoms with Crippen molar-refractivity contribution in [1.29, 1.82) is 0 Å². The highest BCUT2D eigenvalue weighted by molar-refractivity contribution is 8.18. The molecule has 0 aromatic carbocycles. The van der Waals surface area contributed by atoms with Crippen LogP contribution in [0.1, 0.15) is 0 Å². The largest absolute Gasteiger partial charge is 0.145 e. The molecule has 0 fully saturated rings. The molecule has 0 aromatic rings. The van der Waals surface area contributed by atoms with Crippen LogP contribution < -0.4 is 0 Å². The topological polar surface area (TPSA) is 0 Å². The maximum Gasteiger partial charge on any atom is 0.145 e. The van der Waals surface area contributed by atoms with Gasteiger partial charge >= 0.3 is 0 Å². The molecule has 0 aliphatic heterocycles. The highest BCUT2D eigenvalue weighted by Gasteiger charge is 1.77. The molecule has 28 valence electrons. The van der Waals surface area contributed by atoms with E-state index in [-0.39, 0.29) is 7.23 Å². The Morgan fingerprint density at radius 2 is 2.00 bits per heavy atom. The van der Waals surface area contributed by atoms with Gasteiger partial charge in [-0.3, -0.25) is 0 Å². The summed E-state index contributed by atoms with van der Waals surface area (Å²) in [5.74, 6) is 0. The van der Waals surface area contributed by atoms with Gasteiger partial charge in [0.1, 0.15) is 21.8 Å². The second-order valence-electron chi connectivity index (χ2n) is 0.799. The normalized spacial score (nSPS) is 11.8. The van der Waals surface area contributed by atoms with Crippen LogP contribution >= 0.6 is 15.1 Å². The predicted octanol–water partition coefficient (Wildman–Crippen LogP) is 1.82. The van der Waals surface area contributed by atoms with Gasteiger partial charge in [-0.15, -0.1) is 0 Å². The lowest BCUT2D eigenvalue weighted by Crippen LogP contribution is -1.24. The van der Waals surface area contributed by atoms with E-state index in [9.17, 15) is 0 Å². The summed E-state index contributed by atoms with van der Waals surface area (Å²) in [6, 6.07) is 0. The third-order valence-corrected chi connectivity index (χ3v) is 2.17. The minimum Gasteiger partial charge on any atom is -0.0274 e. The standard InChI is InChI=1S/C3H7P2/c1-4-5(2)3/h1-2H2,3H3/q+1. The zero-order chi connectivity index (χ0) is 4.28. The first-order valence-electron chi connectivity index (χ1n) is 1.28. The van der Waals surface area contributed by atoms with Crippen LogP contribution in [0, 0.1) is 0 Å². The van der Waals surface area contributed by atoms with Gasteiger partial charge in [-0.1, -0.05) is 0 Å². The first kappa shape index (κ1) is 5.34. The van der Waals surface area contributed by atoms with E-state index >= 15 is 0 Å². The first-order valence-corrected chi connectivity index (χ1v) is 5.04. The summed E-state index contributed by atoms with van der Waals surface area (Å²) >= 11 is 0. The van der Waals surface area contributed by atoms with Crippen LogP contribution in [0.25, 0.3) is 0 Å². The molecular weight excluding hydrogens is 98.0 g/mol. The van der Waals surface area contributed by atoms with Crippen LogP contribution in [0.4, 0.5) is 0 Å². The van der Waals surface area contributed by atoms with Gasteiger partial charge in [-0.05, 0) is 6.30 Å². The van der Waals surface area contributed by atoms with Gasteiger partial charge in [-0.25, -0.2) is 0 Å². The molecule has 0 bridgehead atoms. The lowest BCUT2D eigenvalue weighted by Gasteiger charge is -1.53. The molecule has 0 rings (SSSR count). The Balaban J connectivity index is 3.20. The average Bonchev–Trinajstić information content (AvgIpc) is 1.38. The second kappa shape index (κ2) is 2.57. The van der Waals surface area contributed by atoms with Crippen molar-refractivity contribution in [2.45, 2.75) is 0 Å². The Hall–Kier alpha value is 0.340. The molecule has 0 aliphatic carbocycles. The third kappa shape index (κ3) is 4.34. The van der Waals surface area contributed by atoms with Crippen molar-refractivity contribution in [3.05, 3.63) is 0 Å². The fourth-order valence-corrected chi connectivity index (χ4v) is 0. The Morgan fingerprint density at radius 1 is 1.80 bits per heavy atom. The lowest BCUT2D eigenvalue weighted by atomic mass is 11.9. The molecular formula is C3H7P2+. The van der Waals surface area contributed by atoms with Crippen molar-refractivity contribution >= 4 is 27.7 Å². The Labute approximate surface area is 35.3 Å². The van der Waals surface area contributed by atoms with Crippen molar-refractivity contribution in [3.63, 3.8) is 0 Å². The summed E-state index contributed by atoms with van der Waals surface area (Å²) in [6.07, 6.45) is 7.37.